The van der Waals surface area contributed by atoms with Gasteiger partial charge in [-0.25, -0.2) is 0 Å². The molecule has 0 amide bonds. The molecule has 82 valence electrons. The van der Waals surface area contributed by atoms with Gasteiger partial charge in [-0.2, -0.15) is 0 Å². The Morgan fingerprint density at radius 3 is 2.00 bits per heavy atom. The Bertz CT molecular complexity index is 226. The predicted octanol–water partition coefficient (Wildman–Crippen LogP) is 1.33. The van der Waals surface area contributed by atoms with E-state index in [9.17, 15) is 15.3 Å². The van der Waals surface area contributed by atoms with Gasteiger partial charge in [0.15, 0.2) is 0 Å². The van der Waals surface area contributed by atoms with Crippen LogP contribution >= 0.6 is 15.9 Å². The van der Waals surface area contributed by atoms with Gasteiger partial charge in [0, 0.05) is 0 Å². The van der Waals surface area contributed by atoms with E-state index in [1.54, 1.807) is 13.8 Å². The largest absolute Gasteiger partial charge is 0.386 e. The van der Waals surface area contributed by atoms with Gasteiger partial charge in [-0.3, -0.25) is 0 Å². The molecule has 0 aromatic rings. The Hall–Kier alpha value is -0.160. The third-order valence-corrected chi connectivity index (χ3v) is 1.95. The Labute approximate surface area is 92.9 Å². The van der Waals surface area contributed by atoms with Gasteiger partial charge in [0.25, 0.3) is 0 Å². The van der Waals surface area contributed by atoms with Crippen LogP contribution in [-0.2, 0) is 0 Å². The lowest BCUT2D eigenvalue weighted by molar-refractivity contribution is -0.000229. The normalized spacial score (nSPS) is 20.2. The zero-order valence-corrected chi connectivity index (χ0v) is 10.2. The minimum Gasteiger partial charge on any atom is -0.386 e. The maximum Gasteiger partial charge on any atom is 0.110 e. The SMILES string of the molecule is CC(C)(O)/C=C/[C@H](O)[C@](C)(O)/C=C/Br. The summed E-state index contributed by atoms with van der Waals surface area (Å²) in [7, 11) is 0. The Kier molecular flexibility index (Phi) is 5.01. The van der Waals surface area contributed by atoms with Crippen molar-refractivity contribution in [1.29, 1.82) is 0 Å². The number of aliphatic hydroxyl groups is 3. The van der Waals surface area contributed by atoms with Crippen LogP contribution in [0.15, 0.2) is 23.2 Å². The first-order valence-electron chi connectivity index (χ1n) is 4.29. The average molecular weight is 265 g/mol. The van der Waals surface area contributed by atoms with E-state index >= 15 is 0 Å². The van der Waals surface area contributed by atoms with Gasteiger partial charge in [-0.15, -0.1) is 0 Å². The van der Waals surface area contributed by atoms with E-state index in [0.717, 1.165) is 0 Å². The van der Waals surface area contributed by atoms with Gasteiger partial charge in [-0.05, 0) is 31.8 Å². The van der Waals surface area contributed by atoms with Crippen molar-refractivity contribution >= 4 is 15.9 Å². The quantitative estimate of drug-likeness (QED) is 0.672. The molecule has 4 heteroatoms. The fraction of sp³-hybridized carbons (Fsp3) is 0.600. The fourth-order valence-electron chi connectivity index (χ4n) is 0.748. The van der Waals surface area contributed by atoms with Gasteiger partial charge in [0.05, 0.1) is 5.60 Å². The van der Waals surface area contributed by atoms with Crippen molar-refractivity contribution in [2.75, 3.05) is 0 Å². The van der Waals surface area contributed by atoms with Crippen molar-refractivity contribution in [3.8, 4) is 0 Å². The lowest BCUT2D eigenvalue weighted by Gasteiger charge is -2.23. The second-order valence-corrected chi connectivity index (χ2v) is 4.50. The highest BCUT2D eigenvalue weighted by Gasteiger charge is 2.25. The van der Waals surface area contributed by atoms with Crippen molar-refractivity contribution in [1.82, 2.24) is 0 Å². The Morgan fingerprint density at radius 1 is 1.14 bits per heavy atom. The summed E-state index contributed by atoms with van der Waals surface area (Å²) in [6.45, 7) is 4.65. The maximum atomic E-state index is 9.68. The third-order valence-electron chi connectivity index (χ3n) is 1.69. The van der Waals surface area contributed by atoms with Crippen molar-refractivity contribution in [2.45, 2.75) is 38.1 Å². The van der Waals surface area contributed by atoms with E-state index in [0.29, 0.717) is 0 Å². The van der Waals surface area contributed by atoms with Crippen LogP contribution in [0.4, 0.5) is 0 Å². The number of halogens is 1. The minimum absolute atomic E-state index is 0.991. The Morgan fingerprint density at radius 2 is 1.64 bits per heavy atom. The van der Waals surface area contributed by atoms with Gasteiger partial charge < -0.3 is 15.3 Å². The molecule has 0 heterocycles. The van der Waals surface area contributed by atoms with Crippen LogP contribution in [0, 0.1) is 0 Å². The summed E-state index contributed by atoms with van der Waals surface area (Å²) >= 11 is 3.02. The number of hydrogen-bond acceptors (Lipinski definition) is 3. The summed E-state index contributed by atoms with van der Waals surface area (Å²) in [6, 6.07) is 0. The monoisotopic (exact) mass is 264 g/mol. The van der Waals surface area contributed by atoms with E-state index in [4.69, 9.17) is 0 Å². The third kappa shape index (κ3) is 5.54. The van der Waals surface area contributed by atoms with Crippen molar-refractivity contribution in [2.24, 2.45) is 0 Å². The molecule has 14 heavy (non-hydrogen) atoms. The van der Waals surface area contributed by atoms with Crippen LogP contribution in [0.1, 0.15) is 20.8 Å². The molecule has 3 nitrogen and oxygen atoms in total. The Balaban J connectivity index is 4.49. The van der Waals surface area contributed by atoms with Gasteiger partial charge in [0.2, 0.25) is 0 Å². The first-order chi connectivity index (χ1) is 6.19. The topological polar surface area (TPSA) is 60.7 Å². The summed E-state index contributed by atoms with van der Waals surface area (Å²) in [5.41, 5.74) is -2.33. The summed E-state index contributed by atoms with van der Waals surface area (Å²) in [6.07, 6.45) is 3.18. The number of aliphatic hydroxyl groups excluding tert-OH is 1. The smallest absolute Gasteiger partial charge is 0.110 e. The van der Waals surface area contributed by atoms with Crippen LogP contribution in [-0.4, -0.2) is 32.6 Å². The van der Waals surface area contributed by atoms with Crippen LogP contribution < -0.4 is 0 Å². The van der Waals surface area contributed by atoms with E-state index in [-0.39, 0.29) is 0 Å². The maximum absolute atomic E-state index is 9.68. The van der Waals surface area contributed by atoms with Crippen LogP contribution in [0.5, 0.6) is 0 Å². The van der Waals surface area contributed by atoms with Gasteiger partial charge in [0.1, 0.15) is 11.7 Å². The lowest BCUT2D eigenvalue weighted by Crippen LogP contribution is -2.36. The highest BCUT2D eigenvalue weighted by atomic mass is 79.9. The van der Waals surface area contributed by atoms with Crippen molar-refractivity contribution in [3.05, 3.63) is 23.2 Å². The highest BCUT2D eigenvalue weighted by Crippen LogP contribution is 2.15. The first kappa shape index (κ1) is 13.8. The van der Waals surface area contributed by atoms with E-state index in [2.05, 4.69) is 15.9 Å². The molecule has 0 aliphatic rings. The summed E-state index contributed by atoms with van der Waals surface area (Å²) in [5.74, 6) is 0. The molecule has 0 spiro atoms. The molecule has 0 rings (SSSR count). The molecule has 0 aliphatic heterocycles. The molecule has 0 bridgehead atoms. The van der Waals surface area contributed by atoms with Gasteiger partial charge in [-0.1, -0.05) is 28.1 Å². The molecule has 0 unspecified atom stereocenters. The van der Waals surface area contributed by atoms with Gasteiger partial charge >= 0.3 is 0 Å². The summed E-state index contributed by atoms with van der Waals surface area (Å²) in [4.78, 5) is 1.48. The molecule has 0 saturated carbocycles. The zero-order chi connectivity index (χ0) is 11.4. The molecule has 3 N–H and O–H groups in total. The van der Waals surface area contributed by atoms with Crippen LogP contribution in [0.2, 0.25) is 0 Å². The molecular weight excluding hydrogens is 248 g/mol. The average Bonchev–Trinajstić information content (AvgIpc) is 1.98. The molecule has 0 fully saturated rings. The van der Waals surface area contributed by atoms with Crippen molar-refractivity contribution < 1.29 is 15.3 Å². The number of hydrogen-bond donors (Lipinski definition) is 3. The van der Waals surface area contributed by atoms with Crippen molar-refractivity contribution in [3.63, 3.8) is 0 Å². The van der Waals surface area contributed by atoms with Crippen LogP contribution in [0.3, 0.4) is 0 Å². The molecule has 0 radical (unpaired) electrons. The van der Waals surface area contributed by atoms with E-state index in [1.807, 2.05) is 0 Å². The fourth-order valence-corrected chi connectivity index (χ4v) is 1.28. The van der Waals surface area contributed by atoms with Crippen LogP contribution in [0.25, 0.3) is 0 Å². The predicted molar refractivity (Wildman–Crippen MR) is 60.1 cm³/mol. The molecular formula is C10H17BrO3. The summed E-state index contributed by atoms with van der Waals surface area (Å²) < 4.78 is 0. The van der Waals surface area contributed by atoms with E-state index < -0.39 is 17.3 Å². The molecule has 0 aromatic carbocycles. The van der Waals surface area contributed by atoms with E-state index in [1.165, 1.54) is 30.1 Å². The zero-order valence-electron chi connectivity index (χ0n) is 8.61. The minimum atomic E-state index is -1.34. The first-order valence-corrected chi connectivity index (χ1v) is 5.21. The molecule has 0 saturated heterocycles. The highest BCUT2D eigenvalue weighted by molar-refractivity contribution is 9.11. The molecule has 2 atom stereocenters. The standard InChI is InChI=1S/C10H17BrO3/c1-9(2,13)5-4-8(12)10(3,14)6-7-11/h4-8,12-14H,1-3H3/b5-4+,7-6+/t8-,10+/m0/s1. The lowest BCUT2D eigenvalue weighted by atomic mass is 9.97. The number of rotatable bonds is 4. The summed E-state index contributed by atoms with van der Waals surface area (Å²) in [5, 5.41) is 28.6. The second-order valence-electron chi connectivity index (χ2n) is 3.98. The molecule has 0 aliphatic carbocycles. The second kappa shape index (κ2) is 5.07. The molecule has 0 aromatic heterocycles.